The number of aryl methyl sites for hydroxylation is 1. The van der Waals surface area contributed by atoms with Crippen molar-refractivity contribution in [1.29, 1.82) is 0 Å². The zero-order valence-electron chi connectivity index (χ0n) is 17.8. The smallest absolute Gasteiger partial charge is 0.341 e. The van der Waals surface area contributed by atoms with E-state index in [-0.39, 0.29) is 19.1 Å². The number of carbonyl (C=O) groups excluding carboxylic acids is 2. The highest BCUT2D eigenvalue weighted by Gasteiger charge is 2.23. The molecule has 1 atom stereocenters. The van der Waals surface area contributed by atoms with Crippen LogP contribution in [-0.2, 0) is 16.1 Å². The molecular weight excluding hydrogens is 392 g/mol. The summed E-state index contributed by atoms with van der Waals surface area (Å²) >= 11 is 1.39. The number of benzene rings is 1. The van der Waals surface area contributed by atoms with E-state index in [1.165, 1.54) is 11.3 Å². The van der Waals surface area contributed by atoms with Crippen molar-refractivity contribution >= 4 is 28.2 Å². The summed E-state index contributed by atoms with van der Waals surface area (Å²) in [6.07, 6.45) is 0. The predicted octanol–water partition coefficient (Wildman–Crippen LogP) is 2.21. The molecule has 2 rings (SSSR count). The highest BCUT2D eigenvalue weighted by molar-refractivity contribution is 7.16. The molecule has 8 heteroatoms. The molecule has 158 valence electrons. The fourth-order valence-corrected chi connectivity index (χ4v) is 4.06. The highest BCUT2D eigenvalue weighted by atomic mass is 32.1. The monoisotopic (exact) mass is 421 g/mol. The van der Waals surface area contributed by atoms with Gasteiger partial charge in [-0.05, 0) is 38.5 Å². The topological polar surface area (TPSA) is 78.3 Å². The normalized spacial score (nSPS) is 11.7. The van der Waals surface area contributed by atoms with Gasteiger partial charge in [0.2, 0.25) is 0 Å². The zero-order valence-corrected chi connectivity index (χ0v) is 18.6. The summed E-state index contributed by atoms with van der Waals surface area (Å²) in [5.74, 6) is 0.865. The molecule has 1 unspecified atom stereocenters. The van der Waals surface area contributed by atoms with Crippen LogP contribution in [0.3, 0.4) is 0 Å². The first kappa shape index (κ1) is 22.7. The number of rotatable bonds is 9. The van der Waals surface area contributed by atoms with Gasteiger partial charge in [-0.15, -0.1) is 11.3 Å². The van der Waals surface area contributed by atoms with Gasteiger partial charge in [-0.3, -0.25) is 4.79 Å². The number of thiophene rings is 1. The molecule has 0 saturated heterocycles. The Balaban J connectivity index is 2.06. The largest absolute Gasteiger partial charge is 0.497 e. The molecule has 2 aromatic rings. The van der Waals surface area contributed by atoms with Crippen molar-refractivity contribution in [1.82, 2.24) is 0 Å². The standard InChI is InChI=1S/C21H28N2O5S/c1-7-28-21(25)19-13(2)14(3)29-20(19)22-18(24)12-23(4)11-15-8-9-16(26-5)10-17(15)27-6/h8-10H,7,11-12H2,1-6H3,(H,22,24)/p+1. The van der Waals surface area contributed by atoms with Crippen LogP contribution in [-0.4, -0.2) is 46.3 Å². The van der Waals surface area contributed by atoms with Gasteiger partial charge in [-0.2, -0.15) is 0 Å². The third-order valence-electron chi connectivity index (χ3n) is 4.57. The van der Waals surface area contributed by atoms with Gasteiger partial charge < -0.3 is 24.4 Å². The lowest BCUT2D eigenvalue weighted by Crippen LogP contribution is -3.08. The van der Waals surface area contributed by atoms with Crippen molar-refractivity contribution in [3.8, 4) is 11.5 Å². The number of anilines is 1. The molecule has 0 radical (unpaired) electrons. The van der Waals surface area contributed by atoms with Crippen LogP contribution in [0, 0.1) is 13.8 Å². The molecule has 2 N–H and O–H groups in total. The Morgan fingerprint density at radius 1 is 1.17 bits per heavy atom. The Bertz CT molecular complexity index is 878. The van der Waals surface area contributed by atoms with Crippen molar-refractivity contribution in [2.24, 2.45) is 0 Å². The average molecular weight is 422 g/mol. The summed E-state index contributed by atoms with van der Waals surface area (Å²) in [7, 11) is 5.15. The van der Waals surface area contributed by atoms with Gasteiger partial charge in [0.25, 0.3) is 5.91 Å². The number of nitrogens with one attached hydrogen (secondary N) is 2. The Hall–Kier alpha value is -2.58. The molecule has 29 heavy (non-hydrogen) atoms. The second-order valence-electron chi connectivity index (χ2n) is 6.74. The Kier molecular flexibility index (Phi) is 8.04. The summed E-state index contributed by atoms with van der Waals surface area (Å²) in [5.41, 5.74) is 2.26. The van der Waals surface area contributed by atoms with Gasteiger partial charge in [0.15, 0.2) is 6.54 Å². The molecule has 0 aliphatic rings. The minimum atomic E-state index is -0.409. The lowest BCUT2D eigenvalue weighted by Gasteiger charge is -2.16. The van der Waals surface area contributed by atoms with Gasteiger partial charge in [0, 0.05) is 16.5 Å². The van der Waals surface area contributed by atoms with Crippen LogP contribution in [0.25, 0.3) is 0 Å². The summed E-state index contributed by atoms with van der Waals surface area (Å²) < 4.78 is 15.8. The number of esters is 1. The maximum atomic E-state index is 12.6. The maximum Gasteiger partial charge on any atom is 0.341 e. The van der Waals surface area contributed by atoms with Crippen LogP contribution in [0.5, 0.6) is 11.5 Å². The van der Waals surface area contributed by atoms with E-state index < -0.39 is 5.97 Å². The van der Waals surface area contributed by atoms with Crippen LogP contribution in [0.2, 0.25) is 0 Å². The van der Waals surface area contributed by atoms with E-state index in [0.29, 0.717) is 17.1 Å². The summed E-state index contributed by atoms with van der Waals surface area (Å²) in [5, 5.41) is 3.42. The van der Waals surface area contributed by atoms with Gasteiger partial charge >= 0.3 is 5.97 Å². The SMILES string of the molecule is CCOC(=O)c1c(NC(=O)C[NH+](C)Cc2ccc(OC)cc2OC)sc(C)c1C. The molecular formula is C21H29N2O5S+. The number of methoxy groups -OCH3 is 2. The first-order valence-electron chi connectivity index (χ1n) is 9.39. The molecule has 0 aliphatic heterocycles. The molecule has 0 fully saturated rings. The third-order valence-corrected chi connectivity index (χ3v) is 5.69. The highest BCUT2D eigenvalue weighted by Crippen LogP contribution is 2.33. The number of hydrogen-bond acceptors (Lipinski definition) is 6. The number of likely N-dealkylation sites (N-methyl/N-ethyl adjacent to an activating group) is 1. The Morgan fingerprint density at radius 3 is 2.52 bits per heavy atom. The lowest BCUT2D eigenvalue weighted by atomic mass is 10.1. The molecule has 1 heterocycles. The van der Waals surface area contributed by atoms with Crippen LogP contribution in [0.15, 0.2) is 18.2 Å². The van der Waals surface area contributed by atoms with Crippen molar-refractivity contribution in [2.45, 2.75) is 27.3 Å². The van der Waals surface area contributed by atoms with E-state index >= 15 is 0 Å². The van der Waals surface area contributed by atoms with E-state index in [4.69, 9.17) is 14.2 Å². The van der Waals surface area contributed by atoms with Crippen molar-refractivity contribution in [3.05, 3.63) is 39.8 Å². The molecule has 7 nitrogen and oxygen atoms in total. The average Bonchev–Trinajstić information content (AvgIpc) is 2.95. The van der Waals surface area contributed by atoms with Crippen LogP contribution in [0.4, 0.5) is 5.00 Å². The van der Waals surface area contributed by atoms with E-state index in [2.05, 4.69) is 5.32 Å². The minimum absolute atomic E-state index is 0.165. The van der Waals surface area contributed by atoms with Crippen molar-refractivity contribution < 1.29 is 28.7 Å². The van der Waals surface area contributed by atoms with Gasteiger partial charge in [0.1, 0.15) is 23.0 Å². The fourth-order valence-electron chi connectivity index (χ4n) is 2.99. The fraction of sp³-hybridized carbons (Fsp3) is 0.429. The molecule has 0 bridgehead atoms. The van der Waals surface area contributed by atoms with Gasteiger partial charge in [0.05, 0.1) is 33.4 Å². The Labute approximate surface area is 175 Å². The third kappa shape index (κ3) is 5.71. The van der Waals surface area contributed by atoms with E-state index in [1.54, 1.807) is 21.1 Å². The Morgan fingerprint density at radius 2 is 1.90 bits per heavy atom. The van der Waals surface area contributed by atoms with Gasteiger partial charge in [-0.1, -0.05) is 0 Å². The molecule has 1 aromatic heterocycles. The molecule has 0 aliphatic carbocycles. The quantitative estimate of drug-likeness (QED) is 0.607. The van der Waals surface area contributed by atoms with Crippen LogP contribution >= 0.6 is 11.3 Å². The number of carbonyl (C=O) groups is 2. The van der Waals surface area contributed by atoms with Crippen LogP contribution in [0.1, 0.15) is 33.3 Å². The second-order valence-corrected chi connectivity index (χ2v) is 7.97. The molecule has 0 spiro atoms. The summed E-state index contributed by atoms with van der Waals surface area (Å²) in [6.45, 7) is 6.68. The van der Waals surface area contributed by atoms with E-state index in [9.17, 15) is 9.59 Å². The maximum absolute atomic E-state index is 12.6. The number of quaternary nitrogens is 1. The molecule has 1 aromatic carbocycles. The zero-order chi connectivity index (χ0) is 21.6. The number of ether oxygens (including phenoxy) is 3. The number of hydrogen-bond donors (Lipinski definition) is 2. The lowest BCUT2D eigenvalue weighted by molar-refractivity contribution is -0.885. The minimum Gasteiger partial charge on any atom is -0.497 e. The van der Waals surface area contributed by atoms with Crippen molar-refractivity contribution in [3.63, 3.8) is 0 Å². The molecule has 1 amide bonds. The van der Waals surface area contributed by atoms with Gasteiger partial charge in [-0.25, -0.2) is 4.79 Å². The summed E-state index contributed by atoms with van der Waals surface area (Å²) in [6, 6.07) is 5.63. The first-order valence-corrected chi connectivity index (χ1v) is 10.2. The first-order chi connectivity index (χ1) is 13.8. The molecule has 0 saturated carbocycles. The van der Waals surface area contributed by atoms with Crippen LogP contribution < -0.4 is 19.7 Å². The van der Waals surface area contributed by atoms with E-state index in [1.807, 2.05) is 39.1 Å². The second kappa shape index (κ2) is 10.3. The summed E-state index contributed by atoms with van der Waals surface area (Å²) in [4.78, 5) is 26.8. The predicted molar refractivity (Wildman–Crippen MR) is 113 cm³/mol. The number of amides is 1. The van der Waals surface area contributed by atoms with Crippen molar-refractivity contribution in [2.75, 3.05) is 39.7 Å². The van der Waals surface area contributed by atoms with E-state index in [0.717, 1.165) is 32.4 Å².